The van der Waals surface area contributed by atoms with Crippen LogP contribution in [-0.2, 0) is 9.59 Å². The third kappa shape index (κ3) is 6.06. The Kier molecular flexibility index (Phi) is 7.89. The van der Waals surface area contributed by atoms with Gasteiger partial charge in [0, 0.05) is 38.0 Å². The Morgan fingerprint density at radius 3 is 2.70 bits per heavy atom. The highest BCUT2D eigenvalue weighted by Gasteiger charge is 2.38. The number of amides is 3. The number of carbonyl (C=O) groups excluding carboxylic acids is 3. The first-order valence-corrected chi connectivity index (χ1v) is 12.6. The summed E-state index contributed by atoms with van der Waals surface area (Å²) in [6.45, 7) is 3.39. The number of piperidine rings is 1. The Bertz CT molecular complexity index is 858. The highest BCUT2D eigenvalue weighted by molar-refractivity contribution is 5.97. The van der Waals surface area contributed by atoms with Gasteiger partial charge in [-0.05, 0) is 50.7 Å². The number of nitrogens with zero attached hydrogens (tertiary/aromatic N) is 2. The fourth-order valence-electron chi connectivity index (χ4n) is 5.43. The molecule has 0 radical (unpaired) electrons. The van der Waals surface area contributed by atoms with Gasteiger partial charge in [-0.15, -0.1) is 0 Å². The summed E-state index contributed by atoms with van der Waals surface area (Å²) in [5.74, 6) is 0.656. The van der Waals surface area contributed by atoms with Gasteiger partial charge in [-0.25, -0.2) is 0 Å². The highest BCUT2D eigenvalue weighted by Crippen LogP contribution is 2.35. The van der Waals surface area contributed by atoms with Crippen molar-refractivity contribution >= 4 is 17.7 Å². The molecule has 1 spiro atoms. The van der Waals surface area contributed by atoms with Gasteiger partial charge < -0.3 is 19.9 Å². The number of carbonyl (C=O) groups is 3. The Labute approximate surface area is 196 Å². The number of hydrogen-bond donors (Lipinski definition) is 1. The molecule has 1 aromatic rings. The number of ether oxygens (including phenoxy) is 1. The van der Waals surface area contributed by atoms with E-state index >= 15 is 0 Å². The minimum absolute atomic E-state index is 0.0421. The lowest BCUT2D eigenvalue weighted by Gasteiger charge is -2.44. The van der Waals surface area contributed by atoms with Gasteiger partial charge >= 0.3 is 0 Å². The van der Waals surface area contributed by atoms with Crippen molar-refractivity contribution in [2.75, 3.05) is 39.3 Å². The third-order valence-corrected chi connectivity index (χ3v) is 7.38. The lowest BCUT2D eigenvalue weighted by atomic mass is 9.75. The number of para-hydroxylation sites is 1. The molecule has 3 aliphatic rings. The minimum Gasteiger partial charge on any atom is -0.493 e. The van der Waals surface area contributed by atoms with E-state index < -0.39 is 0 Å². The number of hydrogen-bond acceptors (Lipinski definition) is 4. The molecule has 1 N–H and O–H groups in total. The maximum absolute atomic E-state index is 13.2. The van der Waals surface area contributed by atoms with Crippen LogP contribution in [0.25, 0.3) is 0 Å². The third-order valence-electron chi connectivity index (χ3n) is 7.38. The second kappa shape index (κ2) is 11.0. The molecular weight excluding hydrogens is 418 g/mol. The summed E-state index contributed by atoms with van der Waals surface area (Å²) in [6.07, 6.45) is 9.46. The Morgan fingerprint density at radius 2 is 1.79 bits per heavy atom. The number of nitrogens with one attached hydrogen (secondary N) is 1. The maximum atomic E-state index is 13.2. The monoisotopic (exact) mass is 455 g/mol. The molecule has 1 aromatic carbocycles. The zero-order chi connectivity index (χ0) is 23.1. The van der Waals surface area contributed by atoms with E-state index in [9.17, 15) is 14.4 Å². The van der Waals surface area contributed by atoms with Crippen LogP contribution < -0.4 is 10.1 Å². The van der Waals surface area contributed by atoms with Crippen LogP contribution in [0.2, 0.25) is 0 Å². The van der Waals surface area contributed by atoms with Gasteiger partial charge in [0.05, 0.1) is 18.7 Å². The molecule has 2 saturated heterocycles. The Hall–Kier alpha value is -2.57. The molecule has 3 amide bonds. The van der Waals surface area contributed by atoms with Gasteiger partial charge in [0.1, 0.15) is 5.75 Å². The summed E-state index contributed by atoms with van der Waals surface area (Å²) in [4.78, 5) is 42.2. The maximum Gasteiger partial charge on any atom is 0.255 e. The van der Waals surface area contributed by atoms with Gasteiger partial charge in [-0.3, -0.25) is 14.4 Å². The topological polar surface area (TPSA) is 79.0 Å². The fourth-order valence-corrected chi connectivity index (χ4v) is 5.43. The largest absolute Gasteiger partial charge is 0.493 e. The van der Waals surface area contributed by atoms with E-state index in [4.69, 9.17) is 4.74 Å². The van der Waals surface area contributed by atoms with Crippen molar-refractivity contribution in [3.05, 3.63) is 29.8 Å². The molecule has 0 saturated carbocycles. The van der Waals surface area contributed by atoms with Crippen LogP contribution in [0.3, 0.4) is 0 Å². The van der Waals surface area contributed by atoms with Crippen LogP contribution in [-0.4, -0.2) is 66.9 Å². The standard InChI is InChI=1S/C26H37N3O4/c30-23-12-3-1-7-15-28(23)18-24(31)29-16-9-14-26(20-29)13-6-2-8-17-33-22-11-5-4-10-21(22)25(32)27-19-26/h4-5,10-11H,1-3,6-9,12-20H2,(H,27,32). The molecule has 1 atom stereocenters. The van der Waals surface area contributed by atoms with Crippen LogP contribution in [0.1, 0.15) is 74.6 Å². The first kappa shape index (κ1) is 23.6. The highest BCUT2D eigenvalue weighted by atomic mass is 16.5. The summed E-state index contributed by atoms with van der Waals surface area (Å²) < 4.78 is 5.86. The molecule has 3 heterocycles. The van der Waals surface area contributed by atoms with E-state index in [1.54, 1.807) is 11.0 Å². The van der Waals surface area contributed by atoms with Crippen LogP contribution in [0.15, 0.2) is 24.3 Å². The van der Waals surface area contributed by atoms with E-state index in [-0.39, 0.29) is 29.7 Å². The number of benzene rings is 1. The summed E-state index contributed by atoms with van der Waals surface area (Å²) in [7, 11) is 0. The zero-order valence-electron chi connectivity index (χ0n) is 19.7. The van der Waals surface area contributed by atoms with Gasteiger partial charge in [-0.1, -0.05) is 31.4 Å². The molecule has 180 valence electrons. The van der Waals surface area contributed by atoms with Crippen LogP contribution in [0.5, 0.6) is 5.75 Å². The van der Waals surface area contributed by atoms with Gasteiger partial charge in [0.2, 0.25) is 11.8 Å². The molecule has 0 aliphatic carbocycles. The normalized spacial score (nSPS) is 25.2. The van der Waals surface area contributed by atoms with Crippen molar-refractivity contribution in [2.24, 2.45) is 5.41 Å². The molecule has 7 heteroatoms. The minimum atomic E-state index is -0.124. The smallest absolute Gasteiger partial charge is 0.255 e. The number of fused-ring (bicyclic) bond motifs is 1. The van der Waals surface area contributed by atoms with Crippen molar-refractivity contribution in [1.82, 2.24) is 15.1 Å². The van der Waals surface area contributed by atoms with Crippen LogP contribution >= 0.6 is 0 Å². The van der Waals surface area contributed by atoms with Gasteiger partial charge in [0.15, 0.2) is 0 Å². The van der Waals surface area contributed by atoms with Crippen molar-refractivity contribution in [1.29, 1.82) is 0 Å². The average molecular weight is 456 g/mol. The summed E-state index contributed by atoms with van der Waals surface area (Å²) in [5, 5.41) is 3.15. The lowest BCUT2D eigenvalue weighted by Crippen LogP contribution is -2.53. The second-order valence-corrected chi connectivity index (χ2v) is 9.88. The molecule has 3 aliphatic heterocycles. The lowest BCUT2D eigenvalue weighted by molar-refractivity contribution is -0.142. The van der Waals surface area contributed by atoms with Gasteiger partial charge in [-0.2, -0.15) is 0 Å². The van der Waals surface area contributed by atoms with Gasteiger partial charge in [0.25, 0.3) is 5.91 Å². The average Bonchev–Trinajstić information content (AvgIpc) is 3.03. The van der Waals surface area contributed by atoms with Crippen molar-refractivity contribution < 1.29 is 19.1 Å². The number of rotatable bonds is 2. The molecule has 0 bridgehead atoms. The first-order valence-electron chi connectivity index (χ1n) is 12.6. The molecular formula is C26H37N3O4. The number of likely N-dealkylation sites (tertiary alicyclic amines) is 2. The van der Waals surface area contributed by atoms with Crippen LogP contribution in [0.4, 0.5) is 0 Å². The quantitative estimate of drug-likeness (QED) is 0.742. The molecule has 1 unspecified atom stereocenters. The van der Waals surface area contributed by atoms with E-state index in [1.165, 1.54) is 0 Å². The van der Waals surface area contributed by atoms with Crippen molar-refractivity contribution in [3.63, 3.8) is 0 Å². The second-order valence-electron chi connectivity index (χ2n) is 9.88. The Morgan fingerprint density at radius 1 is 0.970 bits per heavy atom. The molecule has 7 nitrogen and oxygen atoms in total. The van der Waals surface area contributed by atoms with E-state index in [0.717, 1.165) is 64.3 Å². The SMILES string of the molecule is O=C1NCC2(CCCCCOc3ccccc31)CCCN(C(=O)CN1CCCCCC1=O)C2. The van der Waals surface area contributed by atoms with Crippen molar-refractivity contribution in [2.45, 2.75) is 64.2 Å². The molecule has 4 rings (SSSR count). The summed E-state index contributed by atoms with van der Waals surface area (Å²) in [6, 6.07) is 7.40. The van der Waals surface area contributed by atoms with E-state index in [1.807, 2.05) is 23.1 Å². The van der Waals surface area contributed by atoms with Crippen LogP contribution in [0, 0.1) is 5.41 Å². The first-order chi connectivity index (χ1) is 16.1. The predicted octanol–water partition coefficient (Wildman–Crippen LogP) is 3.38. The summed E-state index contributed by atoms with van der Waals surface area (Å²) >= 11 is 0. The fraction of sp³-hybridized carbons (Fsp3) is 0.654. The van der Waals surface area contributed by atoms with E-state index in [0.29, 0.717) is 44.0 Å². The molecule has 2 fully saturated rings. The summed E-state index contributed by atoms with van der Waals surface area (Å²) in [5.41, 5.74) is 0.443. The van der Waals surface area contributed by atoms with Crippen molar-refractivity contribution in [3.8, 4) is 5.75 Å². The molecule has 0 aromatic heterocycles. The van der Waals surface area contributed by atoms with E-state index in [2.05, 4.69) is 5.32 Å². The molecule has 33 heavy (non-hydrogen) atoms. The Balaban J connectivity index is 1.44. The predicted molar refractivity (Wildman–Crippen MR) is 126 cm³/mol. The zero-order valence-corrected chi connectivity index (χ0v) is 19.7.